The molecule has 114 valence electrons. The van der Waals surface area contributed by atoms with E-state index < -0.39 is 36.4 Å². The molecule has 0 aromatic rings. The van der Waals surface area contributed by atoms with Crippen molar-refractivity contribution >= 4 is 17.8 Å². The van der Waals surface area contributed by atoms with Crippen LogP contribution in [0.2, 0.25) is 0 Å². The summed E-state index contributed by atoms with van der Waals surface area (Å²) in [5.74, 6) is -2.27. The molecule has 1 aliphatic rings. The van der Waals surface area contributed by atoms with Crippen molar-refractivity contribution in [2.75, 3.05) is 7.11 Å². The molecule has 1 amide bonds. The molecule has 1 fully saturated rings. The summed E-state index contributed by atoms with van der Waals surface area (Å²) in [4.78, 5) is 34.2. The normalized spacial score (nSPS) is 18.9. The van der Waals surface area contributed by atoms with Gasteiger partial charge in [-0.1, -0.05) is 19.3 Å². The summed E-state index contributed by atoms with van der Waals surface area (Å²) >= 11 is 0. The van der Waals surface area contributed by atoms with Gasteiger partial charge in [0.25, 0.3) is 0 Å². The van der Waals surface area contributed by atoms with Gasteiger partial charge in [0.1, 0.15) is 6.04 Å². The summed E-state index contributed by atoms with van der Waals surface area (Å²) in [6, 6.07) is -1.91. The van der Waals surface area contributed by atoms with Crippen molar-refractivity contribution in [3.63, 3.8) is 0 Å². The van der Waals surface area contributed by atoms with Gasteiger partial charge in [0.15, 0.2) is 0 Å². The maximum absolute atomic E-state index is 11.8. The van der Waals surface area contributed by atoms with Crippen molar-refractivity contribution < 1.29 is 24.2 Å². The van der Waals surface area contributed by atoms with Crippen molar-refractivity contribution in [2.24, 2.45) is 11.7 Å². The third-order valence-electron chi connectivity index (χ3n) is 3.61. The first-order valence-corrected chi connectivity index (χ1v) is 6.81. The molecule has 0 aromatic carbocycles. The zero-order valence-electron chi connectivity index (χ0n) is 11.6. The van der Waals surface area contributed by atoms with Crippen molar-refractivity contribution in [3.05, 3.63) is 0 Å². The van der Waals surface area contributed by atoms with Crippen LogP contribution >= 0.6 is 0 Å². The molecule has 0 saturated heterocycles. The maximum atomic E-state index is 11.8. The van der Waals surface area contributed by atoms with E-state index in [1.165, 1.54) is 7.11 Å². The average Bonchev–Trinajstić information content (AvgIpc) is 2.43. The number of nitrogens with two attached hydrogens (primary N) is 1. The van der Waals surface area contributed by atoms with Crippen LogP contribution in [0.4, 0.5) is 0 Å². The van der Waals surface area contributed by atoms with Gasteiger partial charge in [-0.25, -0.2) is 4.79 Å². The number of esters is 1. The second-order valence-corrected chi connectivity index (χ2v) is 5.11. The Bertz CT molecular complexity index is 366. The molecule has 1 rings (SSSR count). The SMILES string of the molecule is COC(=O)[C@H](NC(=O)[C@@H](N)CC(=O)O)C1CCCCC1. The predicted octanol–water partition coefficient (Wildman–Crippen LogP) is 0.0265. The number of methoxy groups -OCH3 is 1. The Kier molecular flexibility index (Phi) is 6.44. The molecule has 0 radical (unpaired) electrons. The molecule has 20 heavy (non-hydrogen) atoms. The molecule has 1 saturated carbocycles. The lowest BCUT2D eigenvalue weighted by atomic mass is 9.83. The van der Waals surface area contributed by atoms with Gasteiger partial charge in [-0.15, -0.1) is 0 Å². The summed E-state index contributed by atoms with van der Waals surface area (Å²) in [7, 11) is 1.27. The van der Waals surface area contributed by atoms with Crippen LogP contribution in [-0.2, 0) is 19.1 Å². The fraction of sp³-hybridized carbons (Fsp3) is 0.769. The molecule has 0 aliphatic heterocycles. The van der Waals surface area contributed by atoms with Crippen LogP contribution in [0.25, 0.3) is 0 Å². The first-order valence-electron chi connectivity index (χ1n) is 6.81. The number of ether oxygens (including phenoxy) is 1. The van der Waals surface area contributed by atoms with Gasteiger partial charge in [-0.2, -0.15) is 0 Å². The largest absolute Gasteiger partial charge is 0.481 e. The lowest BCUT2D eigenvalue weighted by Gasteiger charge is -2.29. The Hall–Kier alpha value is -1.63. The number of hydrogen-bond donors (Lipinski definition) is 3. The standard InChI is InChI=1S/C13H22N2O5/c1-20-13(19)11(8-5-3-2-4-6-8)15-12(18)9(14)7-10(16)17/h8-9,11H,2-7,14H2,1H3,(H,15,18)(H,16,17)/t9-,11+/m0/s1. The summed E-state index contributed by atoms with van der Waals surface area (Å²) in [5.41, 5.74) is 5.49. The quantitative estimate of drug-likeness (QED) is 0.593. The Morgan fingerprint density at radius 3 is 2.40 bits per heavy atom. The number of rotatable bonds is 6. The topological polar surface area (TPSA) is 119 Å². The fourth-order valence-electron chi connectivity index (χ4n) is 2.50. The van der Waals surface area contributed by atoms with Gasteiger partial charge < -0.3 is 20.9 Å². The Morgan fingerprint density at radius 1 is 1.30 bits per heavy atom. The summed E-state index contributed by atoms with van der Waals surface area (Å²) < 4.78 is 4.72. The average molecular weight is 286 g/mol. The van der Waals surface area contributed by atoms with E-state index in [0.717, 1.165) is 32.1 Å². The molecule has 2 atom stereocenters. The highest BCUT2D eigenvalue weighted by molar-refractivity contribution is 5.89. The second kappa shape index (κ2) is 7.84. The highest BCUT2D eigenvalue weighted by Gasteiger charge is 2.33. The first-order chi connectivity index (χ1) is 9.45. The highest BCUT2D eigenvalue weighted by Crippen LogP contribution is 2.27. The van der Waals surface area contributed by atoms with Crippen LogP contribution in [0.15, 0.2) is 0 Å². The Balaban J connectivity index is 2.66. The van der Waals surface area contributed by atoms with E-state index in [1.54, 1.807) is 0 Å². The minimum absolute atomic E-state index is 0.0252. The molecule has 0 aromatic heterocycles. The molecule has 7 nitrogen and oxygen atoms in total. The minimum atomic E-state index is -1.16. The Morgan fingerprint density at radius 2 is 1.90 bits per heavy atom. The summed E-state index contributed by atoms with van der Waals surface area (Å²) in [5, 5.41) is 11.2. The number of hydrogen-bond acceptors (Lipinski definition) is 5. The number of carboxylic acid groups (broad SMARTS) is 1. The molecule has 7 heteroatoms. The van der Waals surface area contributed by atoms with E-state index in [0.29, 0.717) is 0 Å². The zero-order chi connectivity index (χ0) is 15.1. The van der Waals surface area contributed by atoms with Crippen LogP contribution in [0.3, 0.4) is 0 Å². The molecule has 1 aliphatic carbocycles. The fourth-order valence-corrected chi connectivity index (χ4v) is 2.50. The van der Waals surface area contributed by atoms with Crippen LogP contribution in [-0.4, -0.2) is 42.1 Å². The van der Waals surface area contributed by atoms with Gasteiger partial charge >= 0.3 is 11.9 Å². The van der Waals surface area contributed by atoms with Crippen LogP contribution < -0.4 is 11.1 Å². The van der Waals surface area contributed by atoms with Gasteiger partial charge in [-0.3, -0.25) is 9.59 Å². The zero-order valence-corrected chi connectivity index (χ0v) is 11.6. The number of amides is 1. The summed E-state index contributed by atoms with van der Waals surface area (Å²) in [6.07, 6.45) is 4.36. The van der Waals surface area contributed by atoms with Gasteiger partial charge in [0.2, 0.25) is 5.91 Å². The number of carbonyl (C=O) groups is 3. The van der Waals surface area contributed by atoms with Crippen molar-refractivity contribution in [1.82, 2.24) is 5.32 Å². The van der Waals surface area contributed by atoms with E-state index in [1.807, 2.05) is 0 Å². The van der Waals surface area contributed by atoms with E-state index in [2.05, 4.69) is 5.32 Å². The lowest BCUT2D eigenvalue weighted by Crippen LogP contribution is -2.52. The van der Waals surface area contributed by atoms with Crippen molar-refractivity contribution in [1.29, 1.82) is 0 Å². The van der Waals surface area contributed by atoms with Crippen LogP contribution in [0.5, 0.6) is 0 Å². The third kappa shape index (κ3) is 4.80. The van der Waals surface area contributed by atoms with Gasteiger partial charge in [-0.05, 0) is 18.8 Å². The lowest BCUT2D eigenvalue weighted by molar-refractivity contribution is -0.147. The van der Waals surface area contributed by atoms with Gasteiger partial charge in [0, 0.05) is 0 Å². The summed E-state index contributed by atoms with van der Waals surface area (Å²) in [6.45, 7) is 0. The Labute approximate surface area is 117 Å². The van der Waals surface area contributed by atoms with E-state index in [9.17, 15) is 14.4 Å². The van der Waals surface area contributed by atoms with E-state index in [-0.39, 0.29) is 5.92 Å². The molecule has 0 spiro atoms. The van der Waals surface area contributed by atoms with Crippen molar-refractivity contribution in [2.45, 2.75) is 50.6 Å². The number of nitrogens with one attached hydrogen (secondary N) is 1. The van der Waals surface area contributed by atoms with Crippen LogP contribution in [0.1, 0.15) is 38.5 Å². The molecule has 0 heterocycles. The highest BCUT2D eigenvalue weighted by atomic mass is 16.5. The number of carbonyl (C=O) groups excluding carboxylic acids is 2. The molecule has 0 bridgehead atoms. The minimum Gasteiger partial charge on any atom is -0.481 e. The monoisotopic (exact) mass is 286 g/mol. The molecular formula is C13H22N2O5. The maximum Gasteiger partial charge on any atom is 0.328 e. The molecule has 0 unspecified atom stereocenters. The number of aliphatic carboxylic acids is 1. The number of carboxylic acids is 1. The van der Waals surface area contributed by atoms with Crippen LogP contribution in [0, 0.1) is 5.92 Å². The molecular weight excluding hydrogens is 264 g/mol. The molecule has 4 N–H and O–H groups in total. The second-order valence-electron chi connectivity index (χ2n) is 5.11. The third-order valence-corrected chi connectivity index (χ3v) is 3.61. The van der Waals surface area contributed by atoms with E-state index >= 15 is 0 Å². The van der Waals surface area contributed by atoms with Crippen molar-refractivity contribution in [3.8, 4) is 0 Å². The smallest absolute Gasteiger partial charge is 0.328 e. The van der Waals surface area contributed by atoms with Gasteiger partial charge in [0.05, 0.1) is 19.6 Å². The first kappa shape index (κ1) is 16.4. The van der Waals surface area contributed by atoms with E-state index in [4.69, 9.17) is 15.6 Å². The predicted molar refractivity (Wildman–Crippen MR) is 70.7 cm³/mol.